The molecule has 1 aromatic heterocycles. The summed E-state index contributed by atoms with van der Waals surface area (Å²) in [5, 5.41) is 6.67. The van der Waals surface area contributed by atoms with Crippen molar-refractivity contribution in [3.63, 3.8) is 0 Å². The lowest BCUT2D eigenvalue weighted by Gasteiger charge is -2.27. The Morgan fingerprint density at radius 3 is 3.07 bits per heavy atom. The van der Waals surface area contributed by atoms with Crippen molar-refractivity contribution in [3.05, 3.63) is 41.3 Å². The number of nitrogens with one attached hydrogen (secondary N) is 2. The quantitative estimate of drug-likeness (QED) is 0.868. The van der Waals surface area contributed by atoms with Gasteiger partial charge in [-0.2, -0.15) is 4.98 Å². The third-order valence-electron chi connectivity index (χ3n) is 5.15. The fourth-order valence-corrected chi connectivity index (χ4v) is 3.49. The van der Waals surface area contributed by atoms with Gasteiger partial charge >= 0.3 is 0 Å². The number of anilines is 3. The maximum absolute atomic E-state index is 14.3. The number of benzene rings is 1. The summed E-state index contributed by atoms with van der Waals surface area (Å²) in [7, 11) is 0. The van der Waals surface area contributed by atoms with Gasteiger partial charge in [0.05, 0.1) is 12.7 Å². The highest BCUT2D eigenvalue weighted by Gasteiger charge is 2.23. The van der Waals surface area contributed by atoms with E-state index in [1.165, 1.54) is 11.8 Å². The minimum absolute atomic E-state index is 0.202. The van der Waals surface area contributed by atoms with Crippen molar-refractivity contribution < 1.29 is 4.39 Å². The third kappa shape index (κ3) is 3.93. The second-order valence-corrected chi connectivity index (χ2v) is 7.48. The standard InChI is InChI=1S/C20H25FN6/c1-13(2)18-12-27(7-3-6-23-18)20-24-11-17(21)19(26-20)25-16-5-4-14-9-22-10-15(14)8-16/h4-5,8,10-11,13,18,23H,3,6-7,9,12H2,1-2H3,(H,24,25,26). The second kappa shape index (κ2) is 7.60. The number of aromatic nitrogens is 2. The molecule has 2 N–H and O–H groups in total. The summed E-state index contributed by atoms with van der Waals surface area (Å²) in [4.78, 5) is 15.1. The van der Waals surface area contributed by atoms with Crippen LogP contribution in [-0.4, -0.2) is 41.9 Å². The largest absolute Gasteiger partial charge is 0.339 e. The normalized spacial score (nSPS) is 19.3. The number of hydrogen-bond donors (Lipinski definition) is 2. The topological polar surface area (TPSA) is 65.4 Å². The van der Waals surface area contributed by atoms with E-state index in [0.29, 0.717) is 24.5 Å². The number of halogens is 1. The van der Waals surface area contributed by atoms with E-state index in [1.54, 1.807) is 0 Å². The van der Waals surface area contributed by atoms with Gasteiger partial charge in [-0.3, -0.25) is 4.99 Å². The van der Waals surface area contributed by atoms with Gasteiger partial charge in [-0.25, -0.2) is 9.37 Å². The van der Waals surface area contributed by atoms with Crippen molar-refractivity contribution in [2.75, 3.05) is 29.9 Å². The number of hydrogen-bond acceptors (Lipinski definition) is 6. The van der Waals surface area contributed by atoms with Crippen molar-refractivity contribution >= 4 is 23.7 Å². The van der Waals surface area contributed by atoms with E-state index >= 15 is 0 Å². The summed E-state index contributed by atoms with van der Waals surface area (Å²) in [5.41, 5.74) is 3.04. The first-order chi connectivity index (χ1) is 13.1. The SMILES string of the molecule is CC(C)C1CN(c2ncc(F)c(Nc3ccc4c(c3)C=NC4)n2)CCCN1. The Morgan fingerprint density at radius 2 is 2.22 bits per heavy atom. The molecule has 0 aliphatic carbocycles. The molecule has 0 bridgehead atoms. The van der Waals surface area contributed by atoms with Gasteiger partial charge < -0.3 is 15.5 Å². The maximum atomic E-state index is 14.3. The van der Waals surface area contributed by atoms with Crippen LogP contribution in [0.5, 0.6) is 0 Å². The number of fused-ring (bicyclic) bond motifs is 1. The van der Waals surface area contributed by atoms with Crippen LogP contribution >= 0.6 is 0 Å². The van der Waals surface area contributed by atoms with E-state index < -0.39 is 5.82 Å². The Kier molecular flexibility index (Phi) is 5.03. The second-order valence-electron chi connectivity index (χ2n) is 7.48. The fraction of sp³-hybridized carbons (Fsp3) is 0.450. The summed E-state index contributed by atoms with van der Waals surface area (Å²) < 4.78 is 14.3. The summed E-state index contributed by atoms with van der Waals surface area (Å²) in [6.45, 7) is 7.77. The minimum Gasteiger partial charge on any atom is -0.339 e. The number of aliphatic imine (C=N–C) groups is 1. The van der Waals surface area contributed by atoms with Gasteiger partial charge in [0.25, 0.3) is 0 Å². The molecule has 0 spiro atoms. The van der Waals surface area contributed by atoms with Crippen LogP contribution in [-0.2, 0) is 6.54 Å². The van der Waals surface area contributed by atoms with Crippen molar-refractivity contribution in [2.24, 2.45) is 10.9 Å². The van der Waals surface area contributed by atoms with Crippen molar-refractivity contribution in [2.45, 2.75) is 32.9 Å². The average molecular weight is 368 g/mol. The highest BCUT2D eigenvalue weighted by molar-refractivity contribution is 5.86. The number of rotatable bonds is 4. The van der Waals surface area contributed by atoms with Crippen LogP contribution in [0.15, 0.2) is 29.4 Å². The zero-order valence-corrected chi connectivity index (χ0v) is 15.7. The van der Waals surface area contributed by atoms with Gasteiger partial charge in [-0.05, 0) is 42.1 Å². The molecule has 2 aliphatic rings. The molecular weight excluding hydrogens is 343 g/mol. The van der Waals surface area contributed by atoms with Crippen LogP contribution in [0.3, 0.4) is 0 Å². The Morgan fingerprint density at radius 1 is 1.33 bits per heavy atom. The Balaban J connectivity index is 1.56. The van der Waals surface area contributed by atoms with Gasteiger partial charge in [0.2, 0.25) is 5.95 Å². The molecule has 0 saturated carbocycles. The van der Waals surface area contributed by atoms with Gasteiger partial charge in [-0.1, -0.05) is 19.9 Å². The van der Waals surface area contributed by atoms with Gasteiger partial charge in [0.15, 0.2) is 11.6 Å². The molecule has 2 aliphatic heterocycles. The molecule has 6 nitrogen and oxygen atoms in total. The molecule has 27 heavy (non-hydrogen) atoms. The zero-order chi connectivity index (χ0) is 18.8. The van der Waals surface area contributed by atoms with E-state index in [9.17, 15) is 4.39 Å². The molecule has 1 unspecified atom stereocenters. The van der Waals surface area contributed by atoms with E-state index in [1.807, 2.05) is 24.4 Å². The maximum Gasteiger partial charge on any atom is 0.227 e. The first-order valence-corrected chi connectivity index (χ1v) is 9.51. The van der Waals surface area contributed by atoms with Gasteiger partial charge in [-0.15, -0.1) is 0 Å². The molecule has 1 atom stereocenters. The lowest BCUT2D eigenvalue weighted by Crippen LogP contribution is -2.41. The molecule has 1 fully saturated rings. The molecule has 1 aromatic carbocycles. The highest BCUT2D eigenvalue weighted by atomic mass is 19.1. The van der Waals surface area contributed by atoms with E-state index in [4.69, 9.17) is 0 Å². The predicted molar refractivity (Wildman–Crippen MR) is 106 cm³/mol. The molecule has 0 amide bonds. The van der Waals surface area contributed by atoms with Crippen LogP contribution in [0.1, 0.15) is 31.4 Å². The monoisotopic (exact) mass is 368 g/mol. The highest BCUT2D eigenvalue weighted by Crippen LogP contribution is 2.24. The third-order valence-corrected chi connectivity index (χ3v) is 5.15. The molecule has 3 heterocycles. The van der Waals surface area contributed by atoms with Crippen molar-refractivity contribution in [3.8, 4) is 0 Å². The fourth-order valence-electron chi connectivity index (χ4n) is 3.49. The van der Waals surface area contributed by atoms with E-state index in [-0.39, 0.29) is 5.82 Å². The van der Waals surface area contributed by atoms with Gasteiger partial charge in [0.1, 0.15) is 0 Å². The van der Waals surface area contributed by atoms with E-state index in [0.717, 1.165) is 37.3 Å². The summed E-state index contributed by atoms with van der Waals surface area (Å²) in [5.74, 6) is 0.821. The smallest absolute Gasteiger partial charge is 0.227 e. The molecule has 4 rings (SSSR count). The lowest BCUT2D eigenvalue weighted by molar-refractivity contribution is 0.419. The Labute approximate surface area is 158 Å². The average Bonchev–Trinajstić information content (AvgIpc) is 2.97. The first-order valence-electron chi connectivity index (χ1n) is 9.51. The van der Waals surface area contributed by atoms with Gasteiger partial charge in [0, 0.05) is 31.0 Å². The van der Waals surface area contributed by atoms with Crippen LogP contribution < -0.4 is 15.5 Å². The molecule has 7 heteroatoms. The molecule has 1 saturated heterocycles. The first kappa shape index (κ1) is 17.9. The molecule has 0 radical (unpaired) electrons. The van der Waals surface area contributed by atoms with Crippen molar-refractivity contribution in [1.82, 2.24) is 15.3 Å². The minimum atomic E-state index is -0.457. The zero-order valence-electron chi connectivity index (χ0n) is 15.7. The molecule has 142 valence electrons. The Bertz CT molecular complexity index is 850. The number of nitrogens with zero attached hydrogens (tertiary/aromatic N) is 4. The lowest BCUT2D eigenvalue weighted by atomic mass is 10.0. The summed E-state index contributed by atoms with van der Waals surface area (Å²) in [6, 6.07) is 6.28. The molecular formula is C20H25FN6. The summed E-state index contributed by atoms with van der Waals surface area (Å²) >= 11 is 0. The predicted octanol–water partition coefficient (Wildman–Crippen LogP) is 3.12. The van der Waals surface area contributed by atoms with Crippen LogP contribution in [0, 0.1) is 11.7 Å². The summed E-state index contributed by atoms with van der Waals surface area (Å²) in [6.07, 6.45) is 4.11. The van der Waals surface area contributed by atoms with Crippen LogP contribution in [0.2, 0.25) is 0 Å². The molecule has 2 aromatic rings. The van der Waals surface area contributed by atoms with Crippen LogP contribution in [0.4, 0.5) is 21.8 Å². The van der Waals surface area contributed by atoms with E-state index in [2.05, 4.69) is 44.3 Å². The van der Waals surface area contributed by atoms with Crippen molar-refractivity contribution in [1.29, 1.82) is 0 Å². The van der Waals surface area contributed by atoms with Crippen LogP contribution in [0.25, 0.3) is 0 Å². The Hall–Kier alpha value is -2.54.